The van der Waals surface area contributed by atoms with Crippen molar-refractivity contribution in [3.05, 3.63) is 0 Å². The lowest BCUT2D eigenvalue weighted by atomic mass is 9.82. The molecule has 14 heavy (non-hydrogen) atoms. The van der Waals surface area contributed by atoms with Crippen LogP contribution in [0.4, 0.5) is 0 Å². The van der Waals surface area contributed by atoms with E-state index < -0.39 is 0 Å². The van der Waals surface area contributed by atoms with Crippen molar-refractivity contribution in [3.63, 3.8) is 0 Å². The first-order valence-corrected chi connectivity index (χ1v) is 6.13. The van der Waals surface area contributed by atoms with E-state index in [2.05, 4.69) is 24.2 Å². The molecule has 2 fully saturated rings. The first kappa shape index (κ1) is 10.4. The molecule has 0 bridgehead atoms. The molecular formula is C12H24N2. The van der Waals surface area contributed by atoms with Crippen LogP contribution < -0.4 is 5.32 Å². The molecule has 0 aromatic heterocycles. The average molecular weight is 196 g/mol. The Hall–Kier alpha value is -0.0800. The van der Waals surface area contributed by atoms with E-state index in [4.69, 9.17) is 0 Å². The zero-order chi connectivity index (χ0) is 10.0. The molecule has 2 aliphatic heterocycles. The van der Waals surface area contributed by atoms with E-state index in [0.29, 0.717) is 5.54 Å². The third-order valence-corrected chi connectivity index (χ3v) is 4.32. The van der Waals surface area contributed by atoms with Gasteiger partial charge in [0.15, 0.2) is 0 Å². The zero-order valence-electron chi connectivity index (χ0n) is 9.68. The first-order chi connectivity index (χ1) is 6.71. The Morgan fingerprint density at radius 2 is 2.07 bits per heavy atom. The van der Waals surface area contributed by atoms with Crippen molar-refractivity contribution in [2.45, 2.75) is 44.6 Å². The normalized spacial score (nSPS) is 36.4. The van der Waals surface area contributed by atoms with Gasteiger partial charge in [-0.05, 0) is 71.6 Å². The predicted octanol–water partition coefficient (Wildman–Crippen LogP) is 1.86. The molecule has 2 nitrogen and oxygen atoms in total. The van der Waals surface area contributed by atoms with Gasteiger partial charge in [0.25, 0.3) is 0 Å². The Balaban J connectivity index is 1.88. The lowest BCUT2D eigenvalue weighted by Crippen LogP contribution is -2.41. The highest BCUT2D eigenvalue weighted by Crippen LogP contribution is 2.35. The van der Waals surface area contributed by atoms with E-state index in [1.807, 2.05) is 0 Å². The third kappa shape index (κ3) is 2.12. The van der Waals surface area contributed by atoms with Gasteiger partial charge in [0.1, 0.15) is 0 Å². The Kier molecular flexibility index (Phi) is 3.13. The van der Waals surface area contributed by atoms with Crippen LogP contribution in [0.1, 0.15) is 39.0 Å². The molecule has 0 aromatic rings. The summed E-state index contributed by atoms with van der Waals surface area (Å²) in [5, 5.41) is 3.45. The summed E-state index contributed by atoms with van der Waals surface area (Å²) in [7, 11) is 2.30. The van der Waals surface area contributed by atoms with Gasteiger partial charge in [-0.15, -0.1) is 0 Å². The summed E-state index contributed by atoms with van der Waals surface area (Å²) < 4.78 is 0. The number of hydrogen-bond donors (Lipinski definition) is 1. The summed E-state index contributed by atoms with van der Waals surface area (Å²) in [6, 6.07) is 0. The van der Waals surface area contributed by atoms with Crippen LogP contribution in [0.2, 0.25) is 0 Å². The summed E-state index contributed by atoms with van der Waals surface area (Å²) in [6.07, 6.45) is 7.02. The Bertz CT molecular complexity index is 187. The number of nitrogens with one attached hydrogen (secondary N) is 1. The largest absolute Gasteiger partial charge is 0.317 e. The summed E-state index contributed by atoms with van der Waals surface area (Å²) in [5.41, 5.74) is 0.516. The second-order valence-corrected chi connectivity index (χ2v) is 5.42. The van der Waals surface area contributed by atoms with Crippen LogP contribution in [0.15, 0.2) is 0 Å². The quantitative estimate of drug-likeness (QED) is 0.725. The molecule has 0 aromatic carbocycles. The zero-order valence-corrected chi connectivity index (χ0v) is 9.68. The molecule has 2 saturated heterocycles. The van der Waals surface area contributed by atoms with Gasteiger partial charge in [-0.3, -0.25) is 0 Å². The van der Waals surface area contributed by atoms with Gasteiger partial charge in [0.2, 0.25) is 0 Å². The van der Waals surface area contributed by atoms with Gasteiger partial charge in [0.05, 0.1) is 0 Å². The maximum absolute atomic E-state index is 3.45. The summed E-state index contributed by atoms with van der Waals surface area (Å²) >= 11 is 0. The van der Waals surface area contributed by atoms with Crippen LogP contribution in [-0.2, 0) is 0 Å². The van der Waals surface area contributed by atoms with E-state index in [-0.39, 0.29) is 0 Å². The molecule has 2 heteroatoms. The average Bonchev–Trinajstić information content (AvgIpc) is 2.48. The number of likely N-dealkylation sites (tertiary alicyclic amines) is 1. The van der Waals surface area contributed by atoms with E-state index in [0.717, 1.165) is 5.92 Å². The van der Waals surface area contributed by atoms with Crippen LogP contribution in [0.3, 0.4) is 0 Å². The minimum Gasteiger partial charge on any atom is -0.317 e. The number of nitrogens with zero attached hydrogens (tertiary/aromatic N) is 1. The van der Waals surface area contributed by atoms with Crippen LogP contribution in [-0.4, -0.2) is 37.1 Å². The molecule has 1 N–H and O–H groups in total. The minimum atomic E-state index is 0.516. The maximum atomic E-state index is 3.45. The maximum Gasteiger partial charge on any atom is 0.0181 e. The second-order valence-electron chi connectivity index (χ2n) is 5.42. The lowest BCUT2D eigenvalue weighted by molar-refractivity contribution is 0.142. The number of piperidine rings is 1. The highest BCUT2D eigenvalue weighted by molar-refractivity contribution is 4.92. The molecule has 2 heterocycles. The fourth-order valence-corrected chi connectivity index (χ4v) is 3.12. The Morgan fingerprint density at radius 1 is 1.36 bits per heavy atom. The van der Waals surface area contributed by atoms with E-state index in [1.165, 1.54) is 51.7 Å². The van der Waals surface area contributed by atoms with Crippen LogP contribution in [0.25, 0.3) is 0 Å². The molecule has 1 atom stereocenters. The minimum absolute atomic E-state index is 0.516. The van der Waals surface area contributed by atoms with E-state index >= 15 is 0 Å². The van der Waals surface area contributed by atoms with Crippen molar-refractivity contribution < 1.29 is 0 Å². The summed E-state index contributed by atoms with van der Waals surface area (Å²) in [5.74, 6) is 0.974. The predicted molar refractivity (Wildman–Crippen MR) is 60.5 cm³/mol. The molecule has 2 rings (SSSR count). The standard InChI is InChI=1S/C12H24N2/c1-12(6-3-9-14(12)2)10-11-4-7-13-8-5-11/h11,13H,3-10H2,1-2H3. The Labute approximate surface area is 88.1 Å². The smallest absolute Gasteiger partial charge is 0.0181 e. The number of hydrogen-bond acceptors (Lipinski definition) is 2. The Morgan fingerprint density at radius 3 is 2.64 bits per heavy atom. The highest BCUT2D eigenvalue weighted by atomic mass is 15.2. The van der Waals surface area contributed by atoms with Gasteiger partial charge >= 0.3 is 0 Å². The highest BCUT2D eigenvalue weighted by Gasteiger charge is 2.35. The van der Waals surface area contributed by atoms with Crippen molar-refractivity contribution >= 4 is 0 Å². The van der Waals surface area contributed by atoms with Crippen LogP contribution >= 0.6 is 0 Å². The fraction of sp³-hybridized carbons (Fsp3) is 1.00. The fourth-order valence-electron chi connectivity index (χ4n) is 3.12. The van der Waals surface area contributed by atoms with Gasteiger partial charge in [-0.1, -0.05) is 0 Å². The van der Waals surface area contributed by atoms with Crippen molar-refractivity contribution in [1.29, 1.82) is 0 Å². The topological polar surface area (TPSA) is 15.3 Å². The van der Waals surface area contributed by atoms with Gasteiger partial charge in [-0.2, -0.15) is 0 Å². The second kappa shape index (κ2) is 4.19. The number of rotatable bonds is 2. The summed E-state index contributed by atoms with van der Waals surface area (Å²) in [6.45, 7) is 6.25. The van der Waals surface area contributed by atoms with E-state index in [9.17, 15) is 0 Å². The SMILES string of the molecule is CN1CCCC1(C)CC1CCNCC1. The molecule has 0 aliphatic carbocycles. The molecule has 0 spiro atoms. The third-order valence-electron chi connectivity index (χ3n) is 4.32. The first-order valence-electron chi connectivity index (χ1n) is 6.13. The van der Waals surface area contributed by atoms with Crippen LogP contribution in [0.5, 0.6) is 0 Å². The lowest BCUT2D eigenvalue weighted by Gasteiger charge is -2.37. The van der Waals surface area contributed by atoms with Crippen molar-refractivity contribution in [3.8, 4) is 0 Å². The van der Waals surface area contributed by atoms with Gasteiger partial charge in [0, 0.05) is 5.54 Å². The van der Waals surface area contributed by atoms with Crippen molar-refractivity contribution in [1.82, 2.24) is 10.2 Å². The van der Waals surface area contributed by atoms with Crippen molar-refractivity contribution in [2.24, 2.45) is 5.92 Å². The molecule has 82 valence electrons. The molecule has 0 radical (unpaired) electrons. The monoisotopic (exact) mass is 196 g/mol. The van der Waals surface area contributed by atoms with E-state index in [1.54, 1.807) is 0 Å². The molecule has 0 saturated carbocycles. The van der Waals surface area contributed by atoms with Gasteiger partial charge in [-0.25, -0.2) is 0 Å². The van der Waals surface area contributed by atoms with Gasteiger partial charge < -0.3 is 10.2 Å². The molecular weight excluding hydrogens is 172 g/mol. The summed E-state index contributed by atoms with van der Waals surface area (Å²) in [4.78, 5) is 2.58. The van der Waals surface area contributed by atoms with Crippen LogP contribution in [0, 0.1) is 5.92 Å². The molecule has 0 amide bonds. The molecule has 1 unspecified atom stereocenters. The van der Waals surface area contributed by atoms with Crippen molar-refractivity contribution in [2.75, 3.05) is 26.7 Å². The molecule has 2 aliphatic rings.